The van der Waals surface area contributed by atoms with Gasteiger partial charge in [-0.3, -0.25) is 14.4 Å². The van der Waals surface area contributed by atoms with Gasteiger partial charge in [0, 0.05) is 34.0 Å². The van der Waals surface area contributed by atoms with Crippen molar-refractivity contribution in [3.63, 3.8) is 0 Å². The van der Waals surface area contributed by atoms with Gasteiger partial charge in [-0.25, -0.2) is 0 Å². The van der Waals surface area contributed by atoms with Gasteiger partial charge in [-0.15, -0.1) is 21.5 Å². The number of fused-ring (bicyclic) bond motifs is 6. The zero-order valence-corrected chi connectivity index (χ0v) is 22.6. The minimum Gasteiger partial charge on any atom is -0.391 e. The first-order valence-electron chi connectivity index (χ1n) is 13.3. The van der Waals surface area contributed by atoms with E-state index in [1.54, 1.807) is 11.3 Å². The highest BCUT2D eigenvalue weighted by Gasteiger charge is 2.52. The van der Waals surface area contributed by atoms with Crippen LogP contribution in [0.1, 0.15) is 71.7 Å². The first kappa shape index (κ1) is 23.6. The van der Waals surface area contributed by atoms with Crippen molar-refractivity contribution in [2.45, 2.75) is 76.0 Å². The maximum absolute atomic E-state index is 13.7. The Hall–Kier alpha value is -2.55. The van der Waals surface area contributed by atoms with Crippen molar-refractivity contribution in [1.82, 2.24) is 19.7 Å². The molecule has 0 saturated heterocycles. The van der Waals surface area contributed by atoms with Gasteiger partial charge >= 0.3 is 0 Å². The molecular formula is C28H30ClN5O2S. The normalized spacial score (nSPS) is 25.2. The maximum Gasteiger partial charge on any atom is 0.226 e. The summed E-state index contributed by atoms with van der Waals surface area (Å²) in [4.78, 5) is 22.1. The van der Waals surface area contributed by atoms with Crippen LogP contribution in [0.2, 0.25) is 5.02 Å². The number of carbonyl (C=O) groups is 1. The number of amides is 1. The molecule has 0 radical (unpaired) electrons. The van der Waals surface area contributed by atoms with E-state index in [9.17, 15) is 9.90 Å². The van der Waals surface area contributed by atoms with Crippen LogP contribution in [0.3, 0.4) is 0 Å². The van der Waals surface area contributed by atoms with Crippen LogP contribution in [0.15, 0.2) is 29.3 Å². The Kier molecular flexibility index (Phi) is 5.40. The second-order valence-electron chi connectivity index (χ2n) is 11.0. The quantitative estimate of drug-likeness (QED) is 0.531. The lowest BCUT2D eigenvalue weighted by atomic mass is 9.90. The van der Waals surface area contributed by atoms with Crippen LogP contribution in [-0.2, 0) is 23.2 Å². The Morgan fingerprint density at radius 3 is 2.73 bits per heavy atom. The molecule has 192 valence electrons. The highest BCUT2D eigenvalue weighted by Crippen LogP contribution is 2.54. The number of carbonyl (C=O) groups excluding carboxylic acids is 1. The highest BCUT2D eigenvalue weighted by molar-refractivity contribution is 7.15. The van der Waals surface area contributed by atoms with E-state index in [-0.39, 0.29) is 23.4 Å². The van der Waals surface area contributed by atoms with Gasteiger partial charge in [-0.05, 0) is 57.1 Å². The topological polar surface area (TPSA) is 83.6 Å². The van der Waals surface area contributed by atoms with Crippen molar-refractivity contribution in [1.29, 1.82) is 0 Å². The average molecular weight is 536 g/mol. The molecule has 7 nitrogen and oxygen atoms in total. The third kappa shape index (κ3) is 3.56. The molecule has 1 aliphatic heterocycles. The number of hydrogen-bond donors (Lipinski definition) is 1. The summed E-state index contributed by atoms with van der Waals surface area (Å²) in [5.74, 6) is 1.77. The van der Waals surface area contributed by atoms with Crippen LogP contribution in [0, 0.1) is 12.8 Å². The van der Waals surface area contributed by atoms with E-state index in [4.69, 9.17) is 16.6 Å². The van der Waals surface area contributed by atoms with E-state index in [0.29, 0.717) is 17.9 Å². The van der Waals surface area contributed by atoms with E-state index < -0.39 is 6.10 Å². The first-order chi connectivity index (χ1) is 17.9. The Morgan fingerprint density at radius 2 is 1.97 bits per heavy atom. The molecule has 2 aromatic heterocycles. The van der Waals surface area contributed by atoms with Crippen LogP contribution >= 0.6 is 22.9 Å². The summed E-state index contributed by atoms with van der Waals surface area (Å²) >= 11 is 8.49. The fraction of sp³-hybridized carbons (Fsp3) is 0.500. The molecular weight excluding hydrogens is 506 g/mol. The zero-order valence-electron chi connectivity index (χ0n) is 21.1. The number of halogens is 1. The predicted molar refractivity (Wildman–Crippen MR) is 144 cm³/mol. The lowest BCUT2D eigenvalue weighted by Crippen LogP contribution is -2.48. The van der Waals surface area contributed by atoms with Crippen molar-refractivity contribution in [2.75, 3.05) is 7.05 Å². The summed E-state index contributed by atoms with van der Waals surface area (Å²) in [5, 5.41) is 21.3. The fourth-order valence-corrected chi connectivity index (χ4v) is 8.20. The molecule has 1 amide bonds. The molecule has 3 atom stereocenters. The Labute approximate surface area is 225 Å². The summed E-state index contributed by atoms with van der Waals surface area (Å²) in [5.41, 5.74) is 3.74. The van der Waals surface area contributed by atoms with Crippen LogP contribution in [0.25, 0.3) is 5.00 Å². The molecule has 37 heavy (non-hydrogen) atoms. The Balaban J connectivity index is 1.32. The minimum absolute atomic E-state index is 0.0887. The molecule has 4 aliphatic rings. The number of aliphatic imine (C=N–C) groups is 1. The van der Waals surface area contributed by atoms with E-state index in [1.165, 1.54) is 10.4 Å². The van der Waals surface area contributed by atoms with Crippen molar-refractivity contribution < 1.29 is 9.90 Å². The molecule has 3 heterocycles. The Morgan fingerprint density at radius 1 is 1.19 bits per heavy atom. The largest absolute Gasteiger partial charge is 0.391 e. The molecule has 9 heteroatoms. The van der Waals surface area contributed by atoms with Gasteiger partial charge < -0.3 is 10.0 Å². The number of aliphatic hydroxyl groups is 1. The summed E-state index contributed by atoms with van der Waals surface area (Å²) in [6, 6.07) is 7.81. The molecule has 2 fully saturated rings. The summed E-state index contributed by atoms with van der Waals surface area (Å²) in [6.07, 6.45) is 6.54. The molecule has 3 aromatic rings. The van der Waals surface area contributed by atoms with E-state index in [0.717, 1.165) is 72.0 Å². The number of likely N-dealkylation sites (N-methyl/N-ethyl adjacent to an activating group) is 1. The lowest BCUT2D eigenvalue weighted by molar-refractivity contribution is -0.139. The fourth-order valence-electron chi connectivity index (χ4n) is 6.52. The molecule has 1 aromatic carbocycles. The molecule has 1 N–H and O–H groups in total. The van der Waals surface area contributed by atoms with Crippen LogP contribution < -0.4 is 0 Å². The number of thiophene rings is 1. The SMILES string of the molecule is Cc1nnc2n1-c1sc3c(c1C(c1ccccc1Cl)=NC21CC1)C[C@H](C(=O)N(C)[C@H]1CCCC[C@H]1O)C3. The van der Waals surface area contributed by atoms with Crippen LogP contribution in [-0.4, -0.2) is 55.6 Å². The Bertz CT molecular complexity index is 1450. The van der Waals surface area contributed by atoms with Gasteiger partial charge in [0.1, 0.15) is 16.4 Å². The summed E-state index contributed by atoms with van der Waals surface area (Å²) in [6.45, 7) is 2.00. The van der Waals surface area contributed by atoms with Gasteiger partial charge in [0.15, 0.2) is 5.82 Å². The summed E-state index contributed by atoms with van der Waals surface area (Å²) < 4.78 is 2.19. The van der Waals surface area contributed by atoms with E-state index in [1.807, 2.05) is 43.1 Å². The molecule has 7 rings (SSSR count). The van der Waals surface area contributed by atoms with Crippen molar-refractivity contribution in [3.8, 4) is 5.00 Å². The number of aliphatic hydroxyl groups excluding tert-OH is 1. The van der Waals surface area contributed by atoms with Crippen LogP contribution in [0.4, 0.5) is 0 Å². The number of aromatic nitrogens is 3. The van der Waals surface area contributed by atoms with Gasteiger partial charge in [0.05, 0.1) is 17.9 Å². The summed E-state index contributed by atoms with van der Waals surface area (Å²) in [7, 11) is 1.87. The second-order valence-corrected chi connectivity index (χ2v) is 12.5. The van der Waals surface area contributed by atoms with Crippen molar-refractivity contribution >= 4 is 34.6 Å². The minimum atomic E-state index is -0.432. The lowest BCUT2D eigenvalue weighted by Gasteiger charge is -2.36. The zero-order chi connectivity index (χ0) is 25.5. The predicted octanol–water partition coefficient (Wildman–Crippen LogP) is 4.61. The van der Waals surface area contributed by atoms with Gasteiger partial charge in [0.2, 0.25) is 5.91 Å². The molecule has 1 spiro atoms. The molecule has 0 unspecified atom stereocenters. The van der Waals surface area contributed by atoms with Gasteiger partial charge in [0.25, 0.3) is 0 Å². The monoisotopic (exact) mass is 535 g/mol. The maximum atomic E-state index is 13.7. The third-order valence-electron chi connectivity index (χ3n) is 8.70. The standard InChI is InChI=1S/C28H30ClN5O2S/c1-15-31-32-27-28(11-12-28)30-24(17-7-3-4-8-19(17)29)23-18-13-16(14-22(18)37-26(23)34(15)27)25(36)33(2)20-9-5-6-10-21(20)35/h3-4,7-8,16,20-21,35H,5-6,9-14H2,1-2H3/t16-,20-,21+/m0/s1. The first-order valence-corrected chi connectivity index (χ1v) is 14.4. The van der Waals surface area contributed by atoms with Gasteiger partial charge in [-0.1, -0.05) is 42.6 Å². The van der Waals surface area contributed by atoms with Crippen molar-refractivity contribution in [2.24, 2.45) is 10.9 Å². The number of aryl methyl sites for hydroxylation is 1. The van der Waals surface area contributed by atoms with E-state index >= 15 is 0 Å². The smallest absolute Gasteiger partial charge is 0.226 e. The molecule has 2 saturated carbocycles. The van der Waals surface area contributed by atoms with E-state index in [2.05, 4.69) is 14.8 Å². The second kappa shape index (κ2) is 8.48. The molecule has 0 bridgehead atoms. The number of nitrogens with zero attached hydrogens (tertiary/aromatic N) is 5. The number of rotatable bonds is 3. The third-order valence-corrected chi connectivity index (χ3v) is 10.3. The highest BCUT2D eigenvalue weighted by atomic mass is 35.5. The molecule has 3 aliphatic carbocycles. The number of benzene rings is 1. The van der Waals surface area contributed by atoms with Crippen LogP contribution in [0.5, 0.6) is 0 Å². The average Bonchev–Trinajstić information content (AvgIpc) is 3.23. The van der Waals surface area contributed by atoms with Crippen molar-refractivity contribution in [3.05, 3.63) is 62.5 Å². The number of hydrogen-bond acceptors (Lipinski definition) is 6. The van der Waals surface area contributed by atoms with Gasteiger partial charge in [-0.2, -0.15) is 0 Å².